The zero-order valence-corrected chi connectivity index (χ0v) is 10.3. The number of anilines is 1. The van der Waals surface area contributed by atoms with Gasteiger partial charge in [0, 0.05) is 31.4 Å². The van der Waals surface area contributed by atoms with Crippen molar-refractivity contribution in [3.05, 3.63) is 53.5 Å². The molecule has 0 bridgehead atoms. The number of hydrogen-bond donors (Lipinski definition) is 1. The van der Waals surface area contributed by atoms with Gasteiger partial charge in [-0.05, 0) is 30.7 Å². The Morgan fingerprint density at radius 2 is 2.12 bits per heavy atom. The summed E-state index contributed by atoms with van der Waals surface area (Å²) in [6.07, 6.45) is 1.73. The van der Waals surface area contributed by atoms with Gasteiger partial charge >= 0.3 is 0 Å². The maximum atomic E-state index is 5.65. The van der Waals surface area contributed by atoms with Crippen LogP contribution >= 0.6 is 0 Å². The second kappa shape index (κ2) is 5.06. The lowest BCUT2D eigenvalue weighted by Crippen LogP contribution is -2.16. The molecule has 2 N–H and O–H groups in total. The summed E-state index contributed by atoms with van der Waals surface area (Å²) in [5, 5.41) is 0. The van der Waals surface area contributed by atoms with Gasteiger partial charge in [-0.3, -0.25) is 0 Å². The fourth-order valence-electron chi connectivity index (χ4n) is 1.84. The Kier molecular flexibility index (Phi) is 3.49. The summed E-state index contributed by atoms with van der Waals surface area (Å²) in [5.41, 5.74) is 9.18. The lowest BCUT2D eigenvalue weighted by molar-refractivity contribution is 0.529. The molecule has 0 atom stereocenters. The highest BCUT2D eigenvalue weighted by molar-refractivity contribution is 5.48. The van der Waals surface area contributed by atoms with Crippen molar-refractivity contribution in [2.75, 3.05) is 11.9 Å². The molecular weight excluding hydrogens is 212 g/mol. The SMILES string of the molecule is Cc1occc1CN(C)c1cccc(CN)c1. The zero-order chi connectivity index (χ0) is 12.3. The molecule has 0 fully saturated rings. The van der Waals surface area contributed by atoms with Crippen LogP contribution in [0.2, 0.25) is 0 Å². The minimum Gasteiger partial charge on any atom is -0.469 e. The Bertz CT molecular complexity index is 490. The van der Waals surface area contributed by atoms with Gasteiger partial charge in [0.15, 0.2) is 0 Å². The van der Waals surface area contributed by atoms with Crippen LogP contribution in [0.4, 0.5) is 5.69 Å². The summed E-state index contributed by atoms with van der Waals surface area (Å²) in [6.45, 7) is 3.41. The smallest absolute Gasteiger partial charge is 0.105 e. The number of nitrogens with two attached hydrogens (primary N) is 1. The highest BCUT2D eigenvalue weighted by Gasteiger charge is 2.06. The number of nitrogens with zero attached hydrogens (tertiary/aromatic N) is 1. The van der Waals surface area contributed by atoms with E-state index in [2.05, 4.69) is 24.1 Å². The molecule has 1 aromatic heterocycles. The van der Waals surface area contributed by atoms with E-state index < -0.39 is 0 Å². The van der Waals surface area contributed by atoms with Gasteiger partial charge in [-0.1, -0.05) is 12.1 Å². The van der Waals surface area contributed by atoms with Gasteiger partial charge < -0.3 is 15.1 Å². The molecule has 0 aliphatic carbocycles. The quantitative estimate of drug-likeness (QED) is 0.878. The predicted molar refractivity (Wildman–Crippen MR) is 69.9 cm³/mol. The second-order valence-electron chi connectivity index (χ2n) is 4.23. The third-order valence-corrected chi connectivity index (χ3v) is 2.96. The van der Waals surface area contributed by atoms with Gasteiger partial charge in [-0.25, -0.2) is 0 Å². The fourth-order valence-corrected chi connectivity index (χ4v) is 1.84. The van der Waals surface area contributed by atoms with Crippen molar-refractivity contribution < 1.29 is 4.42 Å². The first-order valence-corrected chi connectivity index (χ1v) is 5.74. The molecule has 0 radical (unpaired) electrons. The molecule has 0 amide bonds. The van der Waals surface area contributed by atoms with Crippen LogP contribution in [0.15, 0.2) is 41.0 Å². The number of hydrogen-bond acceptors (Lipinski definition) is 3. The van der Waals surface area contributed by atoms with Gasteiger partial charge in [-0.2, -0.15) is 0 Å². The number of benzene rings is 1. The van der Waals surface area contributed by atoms with Gasteiger partial charge in [-0.15, -0.1) is 0 Å². The summed E-state index contributed by atoms with van der Waals surface area (Å²) in [6, 6.07) is 10.3. The summed E-state index contributed by atoms with van der Waals surface area (Å²) in [5.74, 6) is 0.979. The van der Waals surface area contributed by atoms with Crippen molar-refractivity contribution in [1.82, 2.24) is 0 Å². The van der Waals surface area contributed by atoms with Gasteiger partial charge in [0.05, 0.1) is 6.26 Å². The standard InChI is InChI=1S/C14H18N2O/c1-11-13(6-7-17-11)10-16(2)14-5-3-4-12(8-14)9-15/h3-8H,9-10,15H2,1-2H3. The van der Waals surface area contributed by atoms with Crippen LogP contribution in [-0.2, 0) is 13.1 Å². The zero-order valence-electron chi connectivity index (χ0n) is 10.3. The Balaban J connectivity index is 2.14. The van der Waals surface area contributed by atoms with Crippen molar-refractivity contribution >= 4 is 5.69 Å². The molecule has 17 heavy (non-hydrogen) atoms. The van der Waals surface area contributed by atoms with Crippen molar-refractivity contribution in [1.29, 1.82) is 0 Å². The molecule has 2 aromatic rings. The van der Waals surface area contributed by atoms with Crippen LogP contribution < -0.4 is 10.6 Å². The molecular formula is C14H18N2O. The monoisotopic (exact) mass is 230 g/mol. The summed E-state index contributed by atoms with van der Waals surface area (Å²) >= 11 is 0. The van der Waals surface area contributed by atoms with Crippen molar-refractivity contribution in [2.24, 2.45) is 5.73 Å². The maximum Gasteiger partial charge on any atom is 0.105 e. The third-order valence-electron chi connectivity index (χ3n) is 2.96. The van der Waals surface area contributed by atoms with E-state index in [9.17, 15) is 0 Å². The van der Waals surface area contributed by atoms with Crippen LogP contribution in [-0.4, -0.2) is 7.05 Å². The average Bonchev–Trinajstić information content (AvgIpc) is 2.75. The van der Waals surface area contributed by atoms with E-state index in [0.29, 0.717) is 6.54 Å². The van der Waals surface area contributed by atoms with Gasteiger partial charge in [0.1, 0.15) is 5.76 Å². The first kappa shape index (κ1) is 11.7. The normalized spacial score (nSPS) is 10.5. The van der Waals surface area contributed by atoms with Gasteiger partial charge in [0.2, 0.25) is 0 Å². The van der Waals surface area contributed by atoms with Crippen molar-refractivity contribution in [3.8, 4) is 0 Å². The topological polar surface area (TPSA) is 42.4 Å². The van der Waals surface area contributed by atoms with E-state index in [-0.39, 0.29) is 0 Å². The van der Waals surface area contributed by atoms with E-state index in [0.717, 1.165) is 17.9 Å². The Morgan fingerprint density at radius 1 is 1.29 bits per heavy atom. The third kappa shape index (κ3) is 2.68. The second-order valence-corrected chi connectivity index (χ2v) is 4.23. The summed E-state index contributed by atoms with van der Waals surface area (Å²) in [4.78, 5) is 2.19. The largest absolute Gasteiger partial charge is 0.469 e. The molecule has 2 rings (SSSR count). The lowest BCUT2D eigenvalue weighted by Gasteiger charge is -2.19. The molecule has 0 saturated carbocycles. The van der Waals surface area contributed by atoms with Crippen LogP contribution in [0.1, 0.15) is 16.9 Å². The molecule has 0 aliphatic rings. The van der Waals surface area contributed by atoms with Crippen LogP contribution in [0.5, 0.6) is 0 Å². The van der Waals surface area contributed by atoms with E-state index in [1.807, 2.05) is 25.1 Å². The molecule has 3 nitrogen and oxygen atoms in total. The fraction of sp³-hybridized carbons (Fsp3) is 0.286. The van der Waals surface area contributed by atoms with Crippen LogP contribution in [0.3, 0.4) is 0 Å². The molecule has 0 unspecified atom stereocenters. The van der Waals surface area contributed by atoms with Crippen molar-refractivity contribution in [2.45, 2.75) is 20.0 Å². The minimum absolute atomic E-state index is 0.576. The maximum absolute atomic E-state index is 5.65. The van der Waals surface area contributed by atoms with Crippen LogP contribution in [0.25, 0.3) is 0 Å². The number of rotatable bonds is 4. The highest BCUT2D eigenvalue weighted by atomic mass is 16.3. The number of furan rings is 1. The molecule has 1 heterocycles. The number of aryl methyl sites for hydroxylation is 1. The summed E-state index contributed by atoms with van der Waals surface area (Å²) < 4.78 is 5.30. The lowest BCUT2D eigenvalue weighted by atomic mass is 10.1. The van der Waals surface area contributed by atoms with E-state index >= 15 is 0 Å². The van der Waals surface area contributed by atoms with Crippen molar-refractivity contribution in [3.63, 3.8) is 0 Å². The summed E-state index contributed by atoms with van der Waals surface area (Å²) in [7, 11) is 2.07. The molecule has 3 heteroatoms. The molecule has 0 aliphatic heterocycles. The molecule has 0 saturated heterocycles. The predicted octanol–water partition coefficient (Wildman–Crippen LogP) is 2.68. The molecule has 1 aromatic carbocycles. The first-order chi connectivity index (χ1) is 8.20. The van der Waals surface area contributed by atoms with E-state index in [1.165, 1.54) is 11.3 Å². The Labute approximate surface area is 102 Å². The van der Waals surface area contributed by atoms with E-state index in [1.54, 1.807) is 6.26 Å². The Hall–Kier alpha value is -1.74. The van der Waals surface area contributed by atoms with Crippen LogP contribution in [0, 0.1) is 6.92 Å². The highest BCUT2D eigenvalue weighted by Crippen LogP contribution is 2.19. The van der Waals surface area contributed by atoms with Gasteiger partial charge in [0.25, 0.3) is 0 Å². The minimum atomic E-state index is 0.576. The van der Waals surface area contributed by atoms with E-state index in [4.69, 9.17) is 10.2 Å². The molecule has 90 valence electrons. The first-order valence-electron chi connectivity index (χ1n) is 5.74. The average molecular weight is 230 g/mol. The molecule has 0 spiro atoms. The Morgan fingerprint density at radius 3 is 2.76 bits per heavy atom.